The second-order valence-electron chi connectivity index (χ2n) is 5.34. The first-order chi connectivity index (χ1) is 10.2. The number of unbranched alkanes of at least 4 members (excludes halogenated alkanes) is 1. The smallest absolute Gasteiger partial charge is 0.309 e. The highest BCUT2D eigenvalue weighted by molar-refractivity contribution is 6.03. The number of esters is 1. The van der Waals surface area contributed by atoms with Gasteiger partial charge in [-0.2, -0.15) is 0 Å². The maximum Gasteiger partial charge on any atom is 0.309 e. The summed E-state index contributed by atoms with van der Waals surface area (Å²) in [5.74, 6) is -0.0226. The summed E-state index contributed by atoms with van der Waals surface area (Å²) in [7, 11) is 0. The number of ether oxygens (including phenoxy) is 2. The van der Waals surface area contributed by atoms with Gasteiger partial charge in [0.1, 0.15) is 12.4 Å². The van der Waals surface area contributed by atoms with Crippen LogP contribution in [0.3, 0.4) is 0 Å². The standard InChI is InChI=1S/C17H22O4/c1-3-5-8-12(4-2)17(19)21-15-11-20-14-10-7-6-9-13(14)16(15)18/h6-7,9-10,12,15H,3-5,8,11H2,1-2H3. The monoisotopic (exact) mass is 290 g/mol. The summed E-state index contributed by atoms with van der Waals surface area (Å²) in [6.45, 7) is 4.16. The van der Waals surface area contributed by atoms with Crippen molar-refractivity contribution in [3.8, 4) is 5.75 Å². The molecule has 2 rings (SSSR count). The number of fused-ring (bicyclic) bond motifs is 1. The molecule has 0 N–H and O–H groups in total. The van der Waals surface area contributed by atoms with Crippen LogP contribution in [0.4, 0.5) is 0 Å². The summed E-state index contributed by atoms with van der Waals surface area (Å²) in [6.07, 6.45) is 2.76. The third kappa shape index (κ3) is 3.63. The summed E-state index contributed by atoms with van der Waals surface area (Å²) in [5.41, 5.74) is 0.489. The Kier molecular flexibility index (Phi) is 5.37. The van der Waals surface area contributed by atoms with Crippen molar-refractivity contribution in [2.45, 2.75) is 45.6 Å². The van der Waals surface area contributed by atoms with Crippen LogP contribution in [-0.4, -0.2) is 24.5 Å². The molecule has 1 heterocycles. The van der Waals surface area contributed by atoms with Gasteiger partial charge in [0.05, 0.1) is 11.5 Å². The van der Waals surface area contributed by atoms with Gasteiger partial charge in [-0.3, -0.25) is 9.59 Å². The SMILES string of the molecule is CCCCC(CC)C(=O)OC1COc2ccccc2C1=O. The molecule has 0 bridgehead atoms. The second-order valence-corrected chi connectivity index (χ2v) is 5.34. The zero-order valence-electron chi connectivity index (χ0n) is 12.6. The molecule has 2 unspecified atom stereocenters. The fourth-order valence-corrected chi connectivity index (χ4v) is 2.47. The molecule has 4 heteroatoms. The molecule has 1 aliphatic heterocycles. The minimum Gasteiger partial charge on any atom is -0.488 e. The van der Waals surface area contributed by atoms with E-state index >= 15 is 0 Å². The van der Waals surface area contributed by atoms with Crippen molar-refractivity contribution in [2.24, 2.45) is 5.92 Å². The molecule has 0 saturated heterocycles. The van der Waals surface area contributed by atoms with E-state index < -0.39 is 6.10 Å². The van der Waals surface area contributed by atoms with E-state index in [1.165, 1.54) is 0 Å². The molecule has 0 radical (unpaired) electrons. The van der Waals surface area contributed by atoms with Crippen LogP contribution in [0, 0.1) is 5.92 Å². The number of benzene rings is 1. The number of carbonyl (C=O) groups is 2. The van der Waals surface area contributed by atoms with Crippen molar-refractivity contribution in [3.63, 3.8) is 0 Å². The van der Waals surface area contributed by atoms with Crippen LogP contribution in [-0.2, 0) is 9.53 Å². The molecule has 1 aromatic carbocycles. The highest BCUT2D eigenvalue weighted by Gasteiger charge is 2.33. The van der Waals surface area contributed by atoms with E-state index in [-0.39, 0.29) is 24.3 Å². The van der Waals surface area contributed by atoms with Crippen LogP contribution in [0.25, 0.3) is 0 Å². The zero-order valence-corrected chi connectivity index (χ0v) is 12.6. The van der Waals surface area contributed by atoms with E-state index in [9.17, 15) is 9.59 Å². The van der Waals surface area contributed by atoms with E-state index in [0.717, 1.165) is 25.7 Å². The van der Waals surface area contributed by atoms with E-state index in [0.29, 0.717) is 11.3 Å². The van der Waals surface area contributed by atoms with Crippen molar-refractivity contribution < 1.29 is 19.1 Å². The molecule has 0 fully saturated rings. The largest absolute Gasteiger partial charge is 0.488 e. The van der Waals surface area contributed by atoms with Crippen LogP contribution in [0.2, 0.25) is 0 Å². The predicted molar refractivity (Wildman–Crippen MR) is 79.5 cm³/mol. The number of hydrogen-bond acceptors (Lipinski definition) is 4. The molecule has 0 aromatic heterocycles. The summed E-state index contributed by atoms with van der Waals surface area (Å²) in [6, 6.07) is 7.05. The molecule has 1 aliphatic rings. The van der Waals surface area contributed by atoms with Crippen LogP contribution >= 0.6 is 0 Å². The number of para-hydroxylation sites is 1. The third-order valence-electron chi connectivity index (χ3n) is 3.83. The molecule has 21 heavy (non-hydrogen) atoms. The molecular formula is C17H22O4. The van der Waals surface area contributed by atoms with Crippen LogP contribution in [0.1, 0.15) is 49.9 Å². The van der Waals surface area contributed by atoms with Gasteiger partial charge in [-0.05, 0) is 25.0 Å². The van der Waals surface area contributed by atoms with E-state index in [1.54, 1.807) is 18.2 Å². The number of Topliss-reactive ketones (excluding diaryl/α,β-unsaturated/α-hetero) is 1. The molecule has 114 valence electrons. The van der Waals surface area contributed by atoms with E-state index in [4.69, 9.17) is 9.47 Å². The highest BCUT2D eigenvalue weighted by atomic mass is 16.6. The van der Waals surface area contributed by atoms with Crippen molar-refractivity contribution in [3.05, 3.63) is 29.8 Å². The quantitative estimate of drug-likeness (QED) is 0.754. The van der Waals surface area contributed by atoms with Crippen LogP contribution < -0.4 is 4.74 Å². The average Bonchev–Trinajstić information content (AvgIpc) is 2.51. The molecule has 0 amide bonds. The first kappa shape index (κ1) is 15.5. The predicted octanol–water partition coefficient (Wildman–Crippen LogP) is 3.39. The van der Waals surface area contributed by atoms with Gasteiger partial charge in [0.2, 0.25) is 5.78 Å². The van der Waals surface area contributed by atoms with Crippen LogP contribution in [0.5, 0.6) is 5.75 Å². The van der Waals surface area contributed by atoms with Gasteiger partial charge in [-0.15, -0.1) is 0 Å². The van der Waals surface area contributed by atoms with Gasteiger partial charge < -0.3 is 9.47 Å². The lowest BCUT2D eigenvalue weighted by Gasteiger charge is -2.25. The summed E-state index contributed by atoms with van der Waals surface area (Å²) < 4.78 is 10.9. The summed E-state index contributed by atoms with van der Waals surface area (Å²) in [5, 5.41) is 0. The lowest BCUT2D eigenvalue weighted by molar-refractivity contribution is -0.153. The molecule has 0 saturated carbocycles. The Hall–Kier alpha value is -1.84. The Bertz CT molecular complexity index is 509. The molecule has 0 aliphatic carbocycles. The molecule has 2 atom stereocenters. The minimum absolute atomic E-state index is 0.103. The highest BCUT2D eigenvalue weighted by Crippen LogP contribution is 2.26. The van der Waals surface area contributed by atoms with Crippen molar-refractivity contribution in [2.75, 3.05) is 6.61 Å². The normalized spacial score (nSPS) is 18.6. The van der Waals surface area contributed by atoms with Gasteiger partial charge >= 0.3 is 5.97 Å². The number of rotatable bonds is 6. The minimum atomic E-state index is -0.817. The molecule has 0 spiro atoms. The number of hydrogen-bond donors (Lipinski definition) is 0. The lowest BCUT2D eigenvalue weighted by Crippen LogP contribution is -2.38. The maximum atomic E-state index is 12.3. The van der Waals surface area contributed by atoms with E-state index in [2.05, 4.69) is 6.92 Å². The summed E-state index contributed by atoms with van der Waals surface area (Å²) in [4.78, 5) is 24.5. The first-order valence-corrected chi connectivity index (χ1v) is 7.63. The fourth-order valence-electron chi connectivity index (χ4n) is 2.47. The van der Waals surface area contributed by atoms with Crippen LogP contribution in [0.15, 0.2) is 24.3 Å². The average molecular weight is 290 g/mol. The van der Waals surface area contributed by atoms with Gasteiger partial charge in [-0.1, -0.05) is 38.8 Å². The Morgan fingerprint density at radius 3 is 2.86 bits per heavy atom. The molecular weight excluding hydrogens is 268 g/mol. The Morgan fingerprint density at radius 1 is 1.38 bits per heavy atom. The number of ketones is 1. The third-order valence-corrected chi connectivity index (χ3v) is 3.83. The van der Waals surface area contributed by atoms with Gasteiger partial charge in [0.15, 0.2) is 6.10 Å². The zero-order chi connectivity index (χ0) is 15.2. The Balaban J connectivity index is 2.00. The summed E-state index contributed by atoms with van der Waals surface area (Å²) >= 11 is 0. The lowest BCUT2D eigenvalue weighted by atomic mass is 9.99. The van der Waals surface area contributed by atoms with Gasteiger partial charge in [0, 0.05) is 0 Å². The first-order valence-electron chi connectivity index (χ1n) is 7.63. The van der Waals surface area contributed by atoms with Crippen molar-refractivity contribution in [1.29, 1.82) is 0 Å². The van der Waals surface area contributed by atoms with E-state index in [1.807, 2.05) is 13.0 Å². The fraction of sp³-hybridized carbons (Fsp3) is 0.529. The Labute approximate surface area is 125 Å². The number of carbonyl (C=O) groups excluding carboxylic acids is 2. The van der Waals surface area contributed by atoms with Gasteiger partial charge in [0.25, 0.3) is 0 Å². The Morgan fingerprint density at radius 2 is 2.14 bits per heavy atom. The second kappa shape index (κ2) is 7.25. The molecule has 4 nitrogen and oxygen atoms in total. The molecule has 1 aromatic rings. The van der Waals surface area contributed by atoms with Gasteiger partial charge in [-0.25, -0.2) is 0 Å². The van der Waals surface area contributed by atoms with Crippen molar-refractivity contribution >= 4 is 11.8 Å². The van der Waals surface area contributed by atoms with Crippen molar-refractivity contribution in [1.82, 2.24) is 0 Å². The topological polar surface area (TPSA) is 52.6 Å². The maximum absolute atomic E-state index is 12.3.